The van der Waals surface area contributed by atoms with Crippen molar-refractivity contribution in [3.63, 3.8) is 0 Å². The predicted octanol–water partition coefficient (Wildman–Crippen LogP) is 12.4. The van der Waals surface area contributed by atoms with E-state index in [1.165, 1.54) is 60.0 Å². The third-order valence-electron chi connectivity index (χ3n) is 11.0. The van der Waals surface area contributed by atoms with Crippen molar-refractivity contribution in [3.05, 3.63) is 170 Å². The molecule has 0 saturated heterocycles. The lowest BCUT2D eigenvalue weighted by Crippen LogP contribution is -2.04. The lowest BCUT2D eigenvalue weighted by atomic mass is 9.98. The fraction of sp³-hybridized carbons (Fsp3) is 0. The molecule has 0 aliphatic heterocycles. The molecule has 12 aromatic rings. The number of para-hydroxylation sites is 1. The van der Waals surface area contributed by atoms with E-state index in [9.17, 15) is 0 Å². The normalized spacial score (nSPS) is 12.2. The number of nitrogens with zero attached hydrogens (tertiary/aromatic N) is 4. The highest BCUT2D eigenvalue weighted by Crippen LogP contribution is 2.46. The van der Waals surface area contributed by atoms with E-state index in [2.05, 4.69) is 179 Å². The molecule has 0 amide bonds. The largest absolute Gasteiger partial charge is 0.308 e. The maximum Gasteiger partial charge on any atom is 0.235 e. The Bertz CT molecular complexity index is 3390. The molecule has 4 heterocycles. The minimum Gasteiger partial charge on any atom is -0.308 e. The van der Waals surface area contributed by atoms with Gasteiger partial charge in [-0.3, -0.25) is 4.57 Å². The Hall–Kier alpha value is -7.04. The van der Waals surface area contributed by atoms with Crippen LogP contribution in [0.1, 0.15) is 0 Å². The molecule has 240 valence electrons. The number of rotatable bonds is 3. The van der Waals surface area contributed by atoms with Gasteiger partial charge >= 0.3 is 0 Å². The van der Waals surface area contributed by atoms with Gasteiger partial charge in [-0.05, 0) is 52.2 Å². The fourth-order valence-electron chi connectivity index (χ4n) is 8.93. The molecule has 0 aliphatic rings. The summed E-state index contributed by atoms with van der Waals surface area (Å²) >= 11 is 0. The van der Waals surface area contributed by atoms with Gasteiger partial charge in [0.15, 0.2) is 0 Å². The summed E-state index contributed by atoms with van der Waals surface area (Å²) < 4.78 is 4.79. The quantitative estimate of drug-likeness (QED) is 0.177. The van der Waals surface area contributed by atoms with Crippen LogP contribution in [0, 0.1) is 0 Å². The second kappa shape index (κ2) is 10.3. The first-order chi connectivity index (χ1) is 25.8. The van der Waals surface area contributed by atoms with Crippen LogP contribution in [0.2, 0.25) is 0 Å². The van der Waals surface area contributed by atoms with E-state index in [0.29, 0.717) is 5.95 Å². The molecule has 4 heteroatoms. The van der Waals surface area contributed by atoms with Crippen LogP contribution >= 0.6 is 0 Å². The smallest absolute Gasteiger partial charge is 0.235 e. The molecule has 8 aromatic carbocycles. The Morgan fingerprint density at radius 3 is 1.83 bits per heavy atom. The first kappa shape index (κ1) is 27.7. The summed E-state index contributed by atoms with van der Waals surface area (Å²) in [6.45, 7) is 0. The Morgan fingerprint density at radius 1 is 0.365 bits per heavy atom. The zero-order chi connectivity index (χ0) is 33.9. The predicted molar refractivity (Wildman–Crippen MR) is 217 cm³/mol. The fourth-order valence-corrected chi connectivity index (χ4v) is 8.93. The van der Waals surface area contributed by atoms with E-state index in [-0.39, 0.29) is 0 Å². The molecular formula is C48H28N4. The summed E-state index contributed by atoms with van der Waals surface area (Å²) in [7, 11) is 0. The van der Waals surface area contributed by atoms with Crippen molar-refractivity contribution in [2.45, 2.75) is 0 Å². The highest BCUT2D eigenvalue weighted by molar-refractivity contribution is 6.32. The molecule has 0 aliphatic carbocycles. The maximum absolute atomic E-state index is 5.45. The lowest BCUT2D eigenvalue weighted by molar-refractivity contribution is 1.02. The SMILES string of the molecule is c1ccc(-c2nc(-n3c4cccc5c6cccc7c8c(-c9ccccc9)cccc8n(c8cccc3c8c54)c67)nc3c2ccc2ccccc23)cc1. The summed E-state index contributed by atoms with van der Waals surface area (Å²) in [6, 6.07) is 61.1. The van der Waals surface area contributed by atoms with Crippen LogP contribution in [0.3, 0.4) is 0 Å². The van der Waals surface area contributed by atoms with E-state index < -0.39 is 0 Å². The van der Waals surface area contributed by atoms with Crippen molar-refractivity contribution in [3.8, 4) is 28.3 Å². The number of hydrogen-bond donors (Lipinski definition) is 0. The van der Waals surface area contributed by atoms with Gasteiger partial charge < -0.3 is 4.40 Å². The molecule has 0 radical (unpaired) electrons. The summed E-state index contributed by atoms with van der Waals surface area (Å²) in [6.07, 6.45) is 0. The zero-order valence-corrected chi connectivity index (χ0v) is 28.0. The molecule has 12 rings (SSSR count). The van der Waals surface area contributed by atoms with Gasteiger partial charge in [0.05, 0.1) is 38.8 Å². The lowest BCUT2D eigenvalue weighted by Gasteiger charge is -2.13. The summed E-state index contributed by atoms with van der Waals surface area (Å²) in [5.41, 5.74) is 11.2. The maximum atomic E-state index is 5.45. The Kier molecular flexibility index (Phi) is 5.47. The number of fused-ring (bicyclic) bond motifs is 8. The van der Waals surface area contributed by atoms with Crippen LogP contribution in [-0.4, -0.2) is 18.9 Å². The molecule has 52 heavy (non-hydrogen) atoms. The monoisotopic (exact) mass is 660 g/mol. The molecule has 0 spiro atoms. The first-order valence-corrected chi connectivity index (χ1v) is 17.8. The van der Waals surface area contributed by atoms with E-state index in [0.717, 1.165) is 44.0 Å². The zero-order valence-electron chi connectivity index (χ0n) is 28.0. The molecule has 4 aromatic heterocycles. The van der Waals surface area contributed by atoms with Gasteiger partial charge in [0, 0.05) is 43.3 Å². The summed E-state index contributed by atoms with van der Waals surface area (Å²) in [4.78, 5) is 10.9. The minimum absolute atomic E-state index is 0.666. The molecular weight excluding hydrogens is 633 g/mol. The first-order valence-electron chi connectivity index (χ1n) is 17.8. The van der Waals surface area contributed by atoms with E-state index in [1.54, 1.807) is 0 Å². The van der Waals surface area contributed by atoms with Crippen LogP contribution in [0.5, 0.6) is 0 Å². The van der Waals surface area contributed by atoms with Crippen molar-refractivity contribution >= 4 is 81.6 Å². The molecule has 0 saturated carbocycles. The summed E-state index contributed by atoms with van der Waals surface area (Å²) in [5, 5.41) is 10.7. The number of aromatic nitrogens is 4. The van der Waals surface area contributed by atoms with Gasteiger partial charge in [0.1, 0.15) is 0 Å². The number of hydrogen-bond acceptors (Lipinski definition) is 2. The Balaban J connectivity index is 1.28. The second-order valence-electron chi connectivity index (χ2n) is 13.7. The van der Waals surface area contributed by atoms with Crippen molar-refractivity contribution in [1.29, 1.82) is 0 Å². The van der Waals surface area contributed by atoms with Crippen molar-refractivity contribution in [2.75, 3.05) is 0 Å². The third kappa shape index (κ3) is 3.60. The molecule has 0 fully saturated rings. The third-order valence-corrected chi connectivity index (χ3v) is 11.0. The van der Waals surface area contributed by atoms with Crippen LogP contribution < -0.4 is 0 Å². The van der Waals surface area contributed by atoms with Crippen LogP contribution in [0.15, 0.2) is 170 Å². The van der Waals surface area contributed by atoms with Gasteiger partial charge in [-0.2, -0.15) is 0 Å². The molecule has 4 nitrogen and oxygen atoms in total. The standard InChI is InChI=1S/C48H28N4/c1-3-13-29(14-4-1)32-19-10-23-38-42(32)36-22-9-21-35-34-20-11-24-39-43(34)44-40(51(38)47(35)36)25-12-26-41(44)52(39)48-49-45(31-16-5-2-6-17-31)37-28-27-30-15-7-8-18-33(30)46(37)50-48/h1-28H. The van der Waals surface area contributed by atoms with Gasteiger partial charge in [0.2, 0.25) is 5.95 Å². The van der Waals surface area contributed by atoms with Crippen molar-refractivity contribution in [1.82, 2.24) is 18.9 Å². The Morgan fingerprint density at radius 2 is 0.981 bits per heavy atom. The molecule has 0 atom stereocenters. The molecule has 0 unspecified atom stereocenters. The highest BCUT2D eigenvalue weighted by atomic mass is 15.2. The van der Waals surface area contributed by atoms with E-state index in [1.807, 2.05) is 0 Å². The molecule has 0 bridgehead atoms. The van der Waals surface area contributed by atoms with Crippen molar-refractivity contribution < 1.29 is 0 Å². The average Bonchev–Trinajstić information content (AvgIpc) is 3.70. The molecule has 0 N–H and O–H groups in total. The van der Waals surface area contributed by atoms with Gasteiger partial charge in [0.25, 0.3) is 0 Å². The van der Waals surface area contributed by atoms with Gasteiger partial charge in [-0.1, -0.05) is 140 Å². The Labute approximate surface area is 297 Å². The number of benzene rings is 8. The topological polar surface area (TPSA) is 35.1 Å². The van der Waals surface area contributed by atoms with Gasteiger partial charge in [-0.25, -0.2) is 9.97 Å². The summed E-state index contributed by atoms with van der Waals surface area (Å²) in [5.74, 6) is 0.666. The minimum atomic E-state index is 0.666. The van der Waals surface area contributed by atoms with Crippen LogP contribution in [-0.2, 0) is 0 Å². The van der Waals surface area contributed by atoms with Crippen molar-refractivity contribution in [2.24, 2.45) is 0 Å². The second-order valence-corrected chi connectivity index (χ2v) is 13.7. The van der Waals surface area contributed by atoms with Crippen LogP contribution in [0.25, 0.3) is 110 Å². The van der Waals surface area contributed by atoms with E-state index >= 15 is 0 Å². The van der Waals surface area contributed by atoms with Gasteiger partial charge in [-0.15, -0.1) is 0 Å². The average molecular weight is 661 g/mol. The highest BCUT2D eigenvalue weighted by Gasteiger charge is 2.24. The van der Waals surface area contributed by atoms with Crippen LogP contribution in [0.4, 0.5) is 0 Å². The van der Waals surface area contributed by atoms with E-state index in [4.69, 9.17) is 9.97 Å².